The van der Waals surface area contributed by atoms with Crippen LogP contribution < -0.4 is 4.74 Å². The van der Waals surface area contributed by atoms with E-state index in [1.165, 1.54) is 23.8 Å². The molecule has 0 atom stereocenters. The first-order valence-corrected chi connectivity index (χ1v) is 8.42. The molecule has 0 saturated carbocycles. The molecule has 0 aliphatic heterocycles. The van der Waals surface area contributed by atoms with Crippen molar-refractivity contribution in [2.45, 2.75) is 13.3 Å². The van der Waals surface area contributed by atoms with E-state index in [4.69, 9.17) is 16.3 Å². The van der Waals surface area contributed by atoms with Crippen LogP contribution in [0.4, 0.5) is 4.39 Å². The van der Waals surface area contributed by atoms with Gasteiger partial charge in [-0.25, -0.2) is 0 Å². The molecule has 2 heterocycles. The number of aliphatic carboxylic acids is 1. The fraction of sp³-hybridized carbons (Fsp3) is 0.176. The molecule has 2 aromatic heterocycles. The maximum atomic E-state index is 13.3. The fourth-order valence-corrected chi connectivity index (χ4v) is 3.71. The van der Waals surface area contributed by atoms with Gasteiger partial charge in [0.2, 0.25) is 0 Å². The Morgan fingerprint density at radius 2 is 2.08 bits per heavy atom. The third kappa shape index (κ3) is 3.01. The summed E-state index contributed by atoms with van der Waals surface area (Å²) in [6.45, 7) is 1.65. The highest BCUT2D eigenvalue weighted by Gasteiger charge is 2.23. The number of carbonyl (C=O) groups excluding carboxylic acids is 1. The Morgan fingerprint density at radius 1 is 1.36 bits per heavy atom. The quantitative estimate of drug-likeness (QED) is 0.737. The zero-order chi connectivity index (χ0) is 18.3. The van der Waals surface area contributed by atoms with Crippen molar-refractivity contribution in [3.63, 3.8) is 0 Å². The van der Waals surface area contributed by atoms with E-state index in [0.717, 1.165) is 11.3 Å². The number of nitrogens with zero attached hydrogens (tertiary/aromatic N) is 1. The lowest BCUT2D eigenvalue weighted by atomic mass is 10.1. The highest BCUT2D eigenvalue weighted by molar-refractivity contribution is 7.12. The zero-order valence-corrected chi connectivity index (χ0v) is 14.9. The number of carboxylic acid groups (broad SMARTS) is 1. The summed E-state index contributed by atoms with van der Waals surface area (Å²) in [6, 6.07) is 5.78. The van der Waals surface area contributed by atoms with E-state index in [1.54, 1.807) is 19.1 Å². The Morgan fingerprint density at radius 3 is 2.64 bits per heavy atom. The van der Waals surface area contributed by atoms with E-state index in [2.05, 4.69) is 0 Å². The van der Waals surface area contributed by atoms with Crippen LogP contribution in [-0.4, -0.2) is 28.7 Å². The minimum Gasteiger partial charge on any atom is -0.495 e. The summed E-state index contributed by atoms with van der Waals surface area (Å²) in [7, 11) is 1.45. The number of rotatable bonds is 4. The Labute approximate surface area is 151 Å². The number of fused-ring (bicyclic) bond motifs is 1. The SMILES string of the molecule is COc1cc2c(CC(=O)O)c(C)n(C(=O)c3ccc(F)s3)c2cc1Cl. The van der Waals surface area contributed by atoms with Crippen molar-refractivity contribution in [2.75, 3.05) is 7.11 Å². The van der Waals surface area contributed by atoms with E-state index in [9.17, 15) is 19.1 Å². The van der Waals surface area contributed by atoms with Crippen LogP contribution >= 0.6 is 22.9 Å². The summed E-state index contributed by atoms with van der Waals surface area (Å²) in [6.07, 6.45) is -0.258. The van der Waals surface area contributed by atoms with Gasteiger partial charge < -0.3 is 9.84 Å². The van der Waals surface area contributed by atoms with E-state index in [1.807, 2.05) is 0 Å². The van der Waals surface area contributed by atoms with Gasteiger partial charge in [0, 0.05) is 11.1 Å². The van der Waals surface area contributed by atoms with Crippen LogP contribution in [0.2, 0.25) is 5.02 Å². The molecule has 0 fully saturated rings. The second kappa shape index (κ2) is 6.50. The van der Waals surface area contributed by atoms with Gasteiger partial charge in [-0.2, -0.15) is 4.39 Å². The predicted molar refractivity (Wildman–Crippen MR) is 93.6 cm³/mol. The van der Waals surface area contributed by atoms with Crippen molar-refractivity contribution in [1.82, 2.24) is 4.57 Å². The highest BCUT2D eigenvalue weighted by atomic mass is 35.5. The standard InChI is InChI=1S/C17H13ClFNO4S/c1-8-9(6-16(21)22)10-5-13(24-2)11(18)7-12(10)20(8)17(23)14-3-4-15(19)25-14/h3-5,7H,6H2,1-2H3,(H,21,22). The van der Waals surface area contributed by atoms with Crippen molar-refractivity contribution >= 4 is 45.7 Å². The number of hydrogen-bond donors (Lipinski definition) is 1. The van der Waals surface area contributed by atoms with Gasteiger partial charge >= 0.3 is 5.97 Å². The molecule has 0 spiro atoms. The smallest absolute Gasteiger partial charge is 0.307 e. The molecular formula is C17H13ClFNO4S. The van der Waals surface area contributed by atoms with Crippen LogP contribution in [-0.2, 0) is 11.2 Å². The summed E-state index contributed by atoms with van der Waals surface area (Å²) in [5.41, 5.74) is 1.42. The molecule has 3 aromatic rings. The number of halogens is 2. The van der Waals surface area contributed by atoms with Gasteiger partial charge in [-0.15, -0.1) is 11.3 Å². The molecule has 0 aliphatic rings. The Hall–Kier alpha value is -2.38. The summed E-state index contributed by atoms with van der Waals surface area (Å²) in [5, 5.41) is 9.59. The number of benzene rings is 1. The van der Waals surface area contributed by atoms with Crippen LogP contribution in [0, 0.1) is 12.1 Å². The molecule has 8 heteroatoms. The van der Waals surface area contributed by atoms with Crippen molar-refractivity contribution in [2.24, 2.45) is 0 Å². The van der Waals surface area contributed by atoms with Crippen molar-refractivity contribution in [3.05, 3.63) is 50.6 Å². The number of ether oxygens (including phenoxy) is 1. The van der Waals surface area contributed by atoms with E-state index in [-0.39, 0.29) is 11.3 Å². The average Bonchev–Trinajstić information content (AvgIpc) is 3.08. The molecule has 0 radical (unpaired) electrons. The molecule has 0 unspecified atom stereocenters. The van der Waals surface area contributed by atoms with E-state index >= 15 is 0 Å². The Balaban J connectivity index is 2.30. The van der Waals surface area contributed by atoms with Gasteiger partial charge in [0.15, 0.2) is 5.13 Å². The minimum absolute atomic E-state index is 0.214. The Bertz CT molecular complexity index is 1010. The molecule has 0 saturated heterocycles. The lowest BCUT2D eigenvalue weighted by Crippen LogP contribution is -2.12. The summed E-state index contributed by atoms with van der Waals surface area (Å²) in [4.78, 5) is 24.3. The first-order valence-electron chi connectivity index (χ1n) is 7.22. The number of methoxy groups -OCH3 is 1. The monoisotopic (exact) mass is 381 g/mol. The lowest BCUT2D eigenvalue weighted by Gasteiger charge is -2.07. The molecule has 0 bridgehead atoms. The maximum absolute atomic E-state index is 13.3. The van der Waals surface area contributed by atoms with Crippen LogP contribution in [0.1, 0.15) is 20.9 Å². The van der Waals surface area contributed by atoms with Crippen LogP contribution in [0.3, 0.4) is 0 Å². The number of hydrogen-bond acceptors (Lipinski definition) is 4. The second-order valence-electron chi connectivity index (χ2n) is 5.38. The molecule has 1 N–H and O–H groups in total. The van der Waals surface area contributed by atoms with Crippen LogP contribution in [0.25, 0.3) is 10.9 Å². The fourth-order valence-electron chi connectivity index (χ4n) is 2.81. The number of aromatic nitrogens is 1. The normalized spacial score (nSPS) is 11.0. The van der Waals surface area contributed by atoms with Gasteiger partial charge in [0.25, 0.3) is 5.91 Å². The van der Waals surface area contributed by atoms with E-state index < -0.39 is 17.0 Å². The van der Waals surface area contributed by atoms with Crippen LogP contribution in [0.15, 0.2) is 24.3 Å². The zero-order valence-electron chi connectivity index (χ0n) is 13.3. The van der Waals surface area contributed by atoms with Crippen molar-refractivity contribution < 1.29 is 23.8 Å². The Kier molecular flexibility index (Phi) is 4.53. The summed E-state index contributed by atoms with van der Waals surface area (Å²) in [5.74, 6) is -1.08. The highest BCUT2D eigenvalue weighted by Crippen LogP contribution is 2.35. The van der Waals surface area contributed by atoms with Crippen LogP contribution in [0.5, 0.6) is 5.75 Å². The van der Waals surface area contributed by atoms with E-state index in [0.29, 0.717) is 32.9 Å². The maximum Gasteiger partial charge on any atom is 0.307 e. The predicted octanol–water partition coefficient (Wildman–Crippen LogP) is 4.13. The third-order valence-electron chi connectivity index (χ3n) is 3.92. The number of carboxylic acids is 1. The molecule has 130 valence electrons. The average molecular weight is 382 g/mol. The minimum atomic E-state index is -1.02. The number of carbonyl (C=O) groups is 2. The van der Waals surface area contributed by atoms with Crippen molar-refractivity contribution in [3.8, 4) is 5.75 Å². The molecule has 1 aromatic carbocycles. The molecule has 0 amide bonds. The van der Waals surface area contributed by atoms with Gasteiger partial charge in [-0.3, -0.25) is 14.2 Å². The van der Waals surface area contributed by atoms with Gasteiger partial charge in [0.1, 0.15) is 5.75 Å². The first kappa shape index (κ1) is 17.4. The molecular weight excluding hydrogens is 369 g/mol. The van der Waals surface area contributed by atoms with Gasteiger partial charge in [-0.05, 0) is 36.8 Å². The van der Waals surface area contributed by atoms with Gasteiger partial charge in [0.05, 0.1) is 28.9 Å². The number of thiophene rings is 1. The molecule has 3 rings (SSSR count). The lowest BCUT2D eigenvalue weighted by molar-refractivity contribution is -0.136. The molecule has 0 aliphatic carbocycles. The molecule has 5 nitrogen and oxygen atoms in total. The first-order chi connectivity index (χ1) is 11.8. The van der Waals surface area contributed by atoms with Gasteiger partial charge in [-0.1, -0.05) is 11.6 Å². The molecule has 25 heavy (non-hydrogen) atoms. The topological polar surface area (TPSA) is 68.5 Å². The third-order valence-corrected chi connectivity index (χ3v) is 5.08. The summed E-state index contributed by atoms with van der Waals surface area (Å²) >= 11 is 6.91. The second-order valence-corrected chi connectivity index (χ2v) is 6.82. The summed E-state index contributed by atoms with van der Waals surface area (Å²) < 4.78 is 19.9. The largest absolute Gasteiger partial charge is 0.495 e. The van der Waals surface area contributed by atoms with Crippen molar-refractivity contribution in [1.29, 1.82) is 0 Å².